The van der Waals surface area contributed by atoms with Crippen LogP contribution in [0.5, 0.6) is 0 Å². The fourth-order valence-electron chi connectivity index (χ4n) is 2.11. The van der Waals surface area contributed by atoms with E-state index in [-0.39, 0.29) is 24.8 Å². The molecule has 2 rings (SSSR count). The Hall–Kier alpha value is 0.500. The lowest BCUT2D eigenvalue weighted by atomic mass is 9.92. The first kappa shape index (κ1) is 12.5. The van der Waals surface area contributed by atoms with Crippen LogP contribution in [0, 0.1) is 0 Å². The van der Waals surface area contributed by atoms with Gasteiger partial charge in [-0.15, -0.1) is 24.8 Å². The minimum atomic E-state index is 0. The molecule has 2 nitrogen and oxygen atoms in total. The van der Waals surface area contributed by atoms with Crippen LogP contribution in [0.1, 0.15) is 25.7 Å². The SMILES string of the molecule is C1CN[C@@H]2CCCN[C@H]2C1.Cl.Cl. The van der Waals surface area contributed by atoms with Gasteiger partial charge in [-0.1, -0.05) is 0 Å². The van der Waals surface area contributed by atoms with E-state index in [2.05, 4.69) is 10.6 Å². The minimum absolute atomic E-state index is 0. The largest absolute Gasteiger partial charge is 0.312 e. The number of nitrogens with one attached hydrogen (secondary N) is 2. The summed E-state index contributed by atoms with van der Waals surface area (Å²) in [6.07, 6.45) is 5.48. The van der Waals surface area contributed by atoms with E-state index in [0.29, 0.717) is 0 Å². The normalized spacial score (nSPS) is 34.0. The summed E-state index contributed by atoms with van der Waals surface area (Å²) in [6, 6.07) is 1.59. The van der Waals surface area contributed by atoms with Crippen LogP contribution in [0.3, 0.4) is 0 Å². The minimum Gasteiger partial charge on any atom is -0.312 e. The van der Waals surface area contributed by atoms with E-state index in [0.717, 1.165) is 12.1 Å². The van der Waals surface area contributed by atoms with Crippen molar-refractivity contribution in [3.05, 3.63) is 0 Å². The molecule has 2 saturated heterocycles. The van der Waals surface area contributed by atoms with Crippen LogP contribution < -0.4 is 10.6 Å². The zero-order chi connectivity index (χ0) is 6.81. The van der Waals surface area contributed by atoms with Gasteiger partial charge < -0.3 is 10.6 Å². The molecule has 2 aliphatic heterocycles. The summed E-state index contributed by atoms with van der Waals surface area (Å²) in [5.41, 5.74) is 0. The molecule has 0 amide bonds. The van der Waals surface area contributed by atoms with Gasteiger partial charge in [0.25, 0.3) is 0 Å². The topological polar surface area (TPSA) is 24.1 Å². The number of fused-ring (bicyclic) bond motifs is 1. The molecule has 2 atom stereocenters. The number of piperidine rings is 2. The quantitative estimate of drug-likeness (QED) is 0.634. The molecule has 12 heavy (non-hydrogen) atoms. The highest BCUT2D eigenvalue weighted by Gasteiger charge is 2.26. The third kappa shape index (κ3) is 2.77. The number of hydrogen-bond donors (Lipinski definition) is 2. The van der Waals surface area contributed by atoms with Crippen LogP contribution in [0.15, 0.2) is 0 Å². The van der Waals surface area contributed by atoms with Crippen LogP contribution in [-0.4, -0.2) is 25.2 Å². The molecule has 0 bridgehead atoms. The van der Waals surface area contributed by atoms with Crippen molar-refractivity contribution in [3.8, 4) is 0 Å². The number of hydrogen-bond acceptors (Lipinski definition) is 2. The molecule has 0 aromatic carbocycles. The molecular weight excluding hydrogens is 195 g/mol. The summed E-state index contributed by atoms with van der Waals surface area (Å²) in [7, 11) is 0. The third-order valence-electron chi connectivity index (χ3n) is 2.68. The van der Waals surface area contributed by atoms with E-state index in [1.165, 1.54) is 38.8 Å². The van der Waals surface area contributed by atoms with Crippen molar-refractivity contribution < 1.29 is 0 Å². The summed E-state index contributed by atoms with van der Waals surface area (Å²) in [5, 5.41) is 7.12. The zero-order valence-corrected chi connectivity index (χ0v) is 8.85. The van der Waals surface area contributed by atoms with Gasteiger partial charge in [0.1, 0.15) is 0 Å². The Bertz CT molecular complexity index is 95.6. The Morgan fingerprint density at radius 3 is 1.58 bits per heavy atom. The van der Waals surface area contributed by atoms with Crippen LogP contribution in [0.25, 0.3) is 0 Å². The van der Waals surface area contributed by atoms with E-state index in [1.807, 2.05) is 0 Å². The Balaban J connectivity index is 0.000000605. The Morgan fingerprint density at radius 1 is 0.750 bits per heavy atom. The van der Waals surface area contributed by atoms with Gasteiger partial charge >= 0.3 is 0 Å². The molecule has 4 heteroatoms. The van der Waals surface area contributed by atoms with Crippen molar-refractivity contribution in [3.63, 3.8) is 0 Å². The Kier molecular flexibility index (Phi) is 6.28. The van der Waals surface area contributed by atoms with Gasteiger partial charge in [-0.2, -0.15) is 0 Å². The van der Waals surface area contributed by atoms with Crippen LogP contribution in [0.2, 0.25) is 0 Å². The molecule has 2 heterocycles. The summed E-state index contributed by atoms with van der Waals surface area (Å²) in [4.78, 5) is 0. The second kappa shape index (κ2) is 6.03. The van der Waals surface area contributed by atoms with E-state index in [9.17, 15) is 0 Å². The smallest absolute Gasteiger partial charge is 0.0221 e. The molecule has 0 spiro atoms. The molecule has 0 aromatic heterocycles. The molecule has 0 saturated carbocycles. The second-order valence-electron chi connectivity index (χ2n) is 3.41. The number of halogens is 2. The van der Waals surface area contributed by atoms with Crippen molar-refractivity contribution in [1.29, 1.82) is 0 Å². The van der Waals surface area contributed by atoms with E-state index in [1.54, 1.807) is 0 Å². The Morgan fingerprint density at radius 2 is 1.17 bits per heavy atom. The predicted molar refractivity (Wildman–Crippen MR) is 56.5 cm³/mol. The summed E-state index contributed by atoms with van der Waals surface area (Å²) < 4.78 is 0. The lowest BCUT2D eigenvalue weighted by Gasteiger charge is -2.37. The molecule has 74 valence electrons. The van der Waals surface area contributed by atoms with E-state index in [4.69, 9.17) is 0 Å². The molecule has 2 aliphatic rings. The summed E-state index contributed by atoms with van der Waals surface area (Å²) >= 11 is 0. The monoisotopic (exact) mass is 212 g/mol. The predicted octanol–water partition coefficient (Wildman–Crippen LogP) is 1.33. The molecule has 0 radical (unpaired) electrons. The first-order valence-corrected chi connectivity index (χ1v) is 4.43. The maximum atomic E-state index is 3.56. The van der Waals surface area contributed by atoms with Crippen molar-refractivity contribution in [2.24, 2.45) is 0 Å². The highest BCUT2D eigenvalue weighted by Crippen LogP contribution is 2.16. The molecule has 0 aliphatic carbocycles. The third-order valence-corrected chi connectivity index (χ3v) is 2.68. The van der Waals surface area contributed by atoms with Gasteiger partial charge in [0.05, 0.1) is 0 Å². The fraction of sp³-hybridized carbons (Fsp3) is 1.00. The highest BCUT2D eigenvalue weighted by molar-refractivity contribution is 5.85. The van der Waals surface area contributed by atoms with Gasteiger partial charge in [-0.05, 0) is 38.8 Å². The molecule has 0 unspecified atom stereocenters. The van der Waals surface area contributed by atoms with Crippen LogP contribution in [0.4, 0.5) is 0 Å². The average molecular weight is 213 g/mol. The summed E-state index contributed by atoms with van der Waals surface area (Å²) in [5.74, 6) is 0. The molecule has 2 fully saturated rings. The van der Waals surface area contributed by atoms with E-state index >= 15 is 0 Å². The van der Waals surface area contributed by atoms with Crippen molar-refractivity contribution in [2.75, 3.05) is 13.1 Å². The van der Waals surface area contributed by atoms with Crippen molar-refractivity contribution >= 4 is 24.8 Å². The maximum Gasteiger partial charge on any atom is 0.0221 e. The molecule has 2 N–H and O–H groups in total. The summed E-state index contributed by atoms with van der Waals surface area (Å²) in [6.45, 7) is 2.48. The first-order valence-electron chi connectivity index (χ1n) is 4.43. The van der Waals surface area contributed by atoms with Gasteiger partial charge in [0.2, 0.25) is 0 Å². The standard InChI is InChI=1S/C8H16N2.2ClH/c1-3-7-8(9-5-1)4-2-6-10-7;;/h7-10H,1-6H2;2*1H/t7-,8+;;. The van der Waals surface area contributed by atoms with Crippen molar-refractivity contribution in [2.45, 2.75) is 37.8 Å². The van der Waals surface area contributed by atoms with Crippen LogP contribution >= 0.6 is 24.8 Å². The zero-order valence-electron chi connectivity index (χ0n) is 7.21. The van der Waals surface area contributed by atoms with Crippen molar-refractivity contribution in [1.82, 2.24) is 10.6 Å². The fourth-order valence-corrected chi connectivity index (χ4v) is 2.11. The van der Waals surface area contributed by atoms with Gasteiger partial charge in [0, 0.05) is 12.1 Å². The van der Waals surface area contributed by atoms with E-state index < -0.39 is 0 Å². The average Bonchev–Trinajstić information content (AvgIpc) is 2.05. The lowest BCUT2D eigenvalue weighted by molar-refractivity contribution is 0.251. The van der Waals surface area contributed by atoms with Crippen LogP contribution in [-0.2, 0) is 0 Å². The molecule has 0 aromatic rings. The highest BCUT2D eigenvalue weighted by atomic mass is 35.5. The van der Waals surface area contributed by atoms with Gasteiger partial charge in [-0.25, -0.2) is 0 Å². The van der Waals surface area contributed by atoms with Gasteiger partial charge in [0.15, 0.2) is 0 Å². The second-order valence-corrected chi connectivity index (χ2v) is 3.41. The first-order chi connectivity index (χ1) is 4.97. The maximum absolute atomic E-state index is 3.56. The van der Waals surface area contributed by atoms with Gasteiger partial charge in [-0.3, -0.25) is 0 Å². The molecular formula is C8H18Cl2N2. The Labute approximate surface area is 86.7 Å². The lowest BCUT2D eigenvalue weighted by Crippen LogP contribution is -2.54. The number of rotatable bonds is 0.